The summed E-state index contributed by atoms with van der Waals surface area (Å²) in [4.78, 5) is 12.8. The van der Waals surface area contributed by atoms with E-state index in [0.29, 0.717) is 18.7 Å². The van der Waals surface area contributed by atoms with E-state index in [2.05, 4.69) is 10.0 Å². The molecule has 1 saturated carbocycles. The highest BCUT2D eigenvalue weighted by molar-refractivity contribution is 7.89. The first-order chi connectivity index (χ1) is 15.5. The average molecular weight is 459 g/mol. The summed E-state index contributed by atoms with van der Waals surface area (Å²) in [6, 6.07) is 13.8. The van der Waals surface area contributed by atoms with Gasteiger partial charge >= 0.3 is 0 Å². The van der Waals surface area contributed by atoms with E-state index < -0.39 is 10.0 Å². The lowest BCUT2D eigenvalue weighted by Gasteiger charge is -2.17. The highest BCUT2D eigenvalue weighted by atomic mass is 32.2. The van der Waals surface area contributed by atoms with Gasteiger partial charge in [0.25, 0.3) is 5.91 Å². The molecule has 0 spiro atoms. The Kier molecular flexibility index (Phi) is 7.44. The minimum absolute atomic E-state index is 0.0631. The number of sulfonamides is 1. The number of ether oxygens (including phenoxy) is 2. The van der Waals surface area contributed by atoms with Gasteiger partial charge < -0.3 is 14.8 Å². The topological polar surface area (TPSA) is 93.7 Å². The van der Waals surface area contributed by atoms with Crippen LogP contribution in [-0.4, -0.2) is 39.7 Å². The Morgan fingerprint density at radius 1 is 1.03 bits per heavy atom. The minimum atomic E-state index is -3.72. The van der Waals surface area contributed by atoms with Crippen molar-refractivity contribution in [3.63, 3.8) is 0 Å². The fourth-order valence-electron chi connectivity index (χ4n) is 4.12. The smallest absolute Gasteiger partial charge is 0.251 e. The van der Waals surface area contributed by atoms with Crippen molar-refractivity contribution in [3.8, 4) is 5.75 Å². The Balaban J connectivity index is 1.38. The molecule has 32 heavy (non-hydrogen) atoms. The maximum Gasteiger partial charge on any atom is 0.251 e. The van der Waals surface area contributed by atoms with Gasteiger partial charge in [-0.2, -0.15) is 0 Å². The van der Waals surface area contributed by atoms with Crippen molar-refractivity contribution in [2.75, 3.05) is 13.2 Å². The molecule has 2 aromatic rings. The molecule has 1 atom stereocenters. The number of carbonyl (C=O) groups excluding carboxylic acids is 1. The van der Waals surface area contributed by atoms with Gasteiger partial charge in [0.15, 0.2) is 0 Å². The molecule has 1 amide bonds. The predicted octanol–water partition coefficient (Wildman–Crippen LogP) is 3.40. The fourth-order valence-corrected chi connectivity index (χ4v) is 5.24. The summed E-state index contributed by atoms with van der Waals surface area (Å²) < 4.78 is 39.5. The van der Waals surface area contributed by atoms with Crippen molar-refractivity contribution in [3.05, 3.63) is 59.7 Å². The summed E-state index contributed by atoms with van der Waals surface area (Å²) >= 11 is 0. The van der Waals surface area contributed by atoms with Gasteiger partial charge in [0.1, 0.15) is 5.75 Å². The van der Waals surface area contributed by atoms with Crippen molar-refractivity contribution in [1.29, 1.82) is 0 Å². The van der Waals surface area contributed by atoms with E-state index in [1.807, 2.05) is 24.3 Å². The van der Waals surface area contributed by atoms with Crippen LogP contribution >= 0.6 is 0 Å². The zero-order valence-corrected chi connectivity index (χ0v) is 18.9. The fraction of sp³-hybridized carbons (Fsp3) is 0.458. The predicted molar refractivity (Wildman–Crippen MR) is 121 cm³/mol. The number of para-hydroxylation sites is 1. The van der Waals surface area contributed by atoms with Gasteiger partial charge in [0, 0.05) is 30.8 Å². The van der Waals surface area contributed by atoms with Crippen LogP contribution in [0.15, 0.2) is 53.4 Å². The molecule has 7 nitrogen and oxygen atoms in total. The van der Waals surface area contributed by atoms with E-state index in [-0.39, 0.29) is 29.6 Å². The zero-order chi connectivity index (χ0) is 22.4. The summed E-state index contributed by atoms with van der Waals surface area (Å²) in [5, 5.41) is 2.88. The van der Waals surface area contributed by atoms with Gasteiger partial charge in [-0.1, -0.05) is 24.3 Å². The lowest BCUT2D eigenvalue weighted by atomic mass is 10.1. The molecular weight excluding hydrogens is 428 g/mol. The molecule has 2 aliphatic rings. The molecule has 2 aromatic carbocycles. The molecule has 8 heteroatoms. The molecule has 4 rings (SSSR count). The number of hydrogen-bond acceptors (Lipinski definition) is 5. The van der Waals surface area contributed by atoms with Gasteiger partial charge in [0.05, 0.1) is 17.1 Å². The minimum Gasteiger partial charge on any atom is -0.490 e. The second-order valence-corrected chi connectivity index (χ2v) is 10.1. The van der Waals surface area contributed by atoms with E-state index in [0.717, 1.165) is 37.0 Å². The SMILES string of the molecule is O=C(NCc1ccccc1OC1CCCC1)c1cccc(S(=O)(=O)NCC2CCCO2)c1. The molecule has 1 aliphatic heterocycles. The lowest BCUT2D eigenvalue weighted by Crippen LogP contribution is -2.32. The summed E-state index contributed by atoms with van der Waals surface area (Å²) in [7, 11) is -3.72. The van der Waals surface area contributed by atoms with Crippen molar-refractivity contribution < 1.29 is 22.7 Å². The van der Waals surface area contributed by atoms with Crippen LogP contribution in [0.4, 0.5) is 0 Å². The van der Waals surface area contributed by atoms with Crippen molar-refractivity contribution >= 4 is 15.9 Å². The molecule has 2 fully saturated rings. The largest absolute Gasteiger partial charge is 0.490 e. The van der Waals surface area contributed by atoms with Crippen LogP contribution in [0, 0.1) is 0 Å². The number of amides is 1. The molecular formula is C24H30N2O5S. The summed E-state index contributed by atoms with van der Waals surface area (Å²) in [6.07, 6.45) is 6.41. The first-order valence-corrected chi connectivity index (χ1v) is 12.7. The van der Waals surface area contributed by atoms with Crippen LogP contribution in [0.5, 0.6) is 5.75 Å². The second kappa shape index (κ2) is 10.5. The normalized spacial score (nSPS) is 19.2. The zero-order valence-electron chi connectivity index (χ0n) is 18.1. The van der Waals surface area contributed by atoms with E-state index in [1.54, 1.807) is 12.1 Å². The Bertz CT molecular complexity index is 1030. The first-order valence-electron chi connectivity index (χ1n) is 11.3. The highest BCUT2D eigenvalue weighted by Gasteiger charge is 2.21. The van der Waals surface area contributed by atoms with Crippen molar-refractivity contribution in [2.45, 2.75) is 62.2 Å². The summed E-state index contributed by atoms with van der Waals surface area (Å²) in [5.74, 6) is 0.450. The molecule has 0 bridgehead atoms. The van der Waals surface area contributed by atoms with Gasteiger partial charge in [-0.15, -0.1) is 0 Å². The first kappa shape index (κ1) is 22.8. The number of hydrogen-bond donors (Lipinski definition) is 2. The van der Waals surface area contributed by atoms with Crippen LogP contribution in [0.2, 0.25) is 0 Å². The third kappa shape index (κ3) is 5.88. The number of benzene rings is 2. The van der Waals surface area contributed by atoms with E-state index in [9.17, 15) is 13.2 Å². The van der Waals surface area contributed by atoms with Crippen molar-refractivity contribution in [1.82, 2.24) is 10.0 Å². The quantitative estimate of drug-likeness (QED) is 0.601. The third-order valence-electron chi connectivity index (χ3n) is 5.94. The Labute approximate surface area is 189 Å². The summed E-state index contributed by atoms with van der Waals surface area (Å²) in [5.41, 5.74) is 1.19. The lowest BCUT2D eigenvalue weighted by molar-refractivity contribution is 0.0950. The van der Waals surface area contributed by atoms with E-state index in [4.69, 9.17) is 9.47 Å². The Morgan fingerprint density at radius 3 is 2.62 bits per heavy atom. The molecule has 0 radical (unpaired) electrons. The molecule has 1 saturated heterocycles. The van der Waals surface area contributed by atoms with Gasteiger partial charge in [-0.25, -0.2) is 13.1 Å². The monoisotopic (exact) mass is 458 g/mol. The van der Waals surface area contributed by atoms with Gasteiger partial charge in [-0.05, 0) is 62.8 Å². The van der Waals surface area contributed by atoms with Gasteiger partial charge in [0.2, 0.25) is 10.0 Å². The summed E-state index contributed by atoms with van der Waals surface area (Å²) in [6.45, 7) is 1.20. The van der Waals surface area contributed by atoms with Crippen LogP contribution in [0.25, 0.3) is 0 Å². The maximum absolute atomic E-state index is 12.7. The maximum atomic E-state index is 12.7. The average Bonchev–Trinajstić information content (AvgIpc) is 3.51. The van der Waals surface area contributed by atoms with Crippen LogP contribution < -0.4 is 14.8 Å². The number of rotatable bonds is 9. The number of carbonyl (C=O) groups is 1. The van der Waals surface area contributed by atoms with Crippen molar-refractivity contribution in [2.24, 2.45) is 0 Å². The molecule has 1 heterocycles. The molecule has 172 valence electrons. The van der Waals surface area contributed by atoms with Gasteiger partial charge in [-0.3, -0.25) is 4.79 Å². The molecule has 1 aliphatic carbocycles. The van der Waals surface area contributed by atoms with Crippen LogP contribution in [0.3, 0.4) is 0 Å². The Morgan fingerprint density at radius 2 is 1.84 bits per heavy atom. The standard InChI is InChI=1S/C24H30N2O5S/c27-24(25-16-19-7-1-4-13-23(19)31-20-9-2-3-10-20)18-8-5-12-22(15-18)32(28,29)26-17-21-11-6-14-30-21/h1,4-5,7-8,12-13,15,20-21,26H,2-3,6,9-11,14,16-17H2,(H,25,27). The molecule has 1 unspecified atom stereocenters. The highest BCUT2D eigenvalue weighted by Crippen LogP contribution is 2.26. The van der Waals surface area contributed by atoms with Crippen LogP contribution in [0.1, 0.15) is 54.4 Å². The molecule has 0 aromatic heterocycles. The van der Waals surface area contributed by atoms with E-state index in [1.165, 1.54) is 25.0 Å². The molecule has 2 N–H and O–H groups in total. The second-order valence-electron chi connectivity index (χ2n) is 8.33. The van der Waals surface area contributed by atoms with Crippen LogP contribution in [-0.2, 0) is 21.3 Å². The Hall–Kier alpha value is -2.42. The van der Waals surface area contributed by atoms with E-state index >= 15 is 0 Å². The third-order valence-corrected chi connectivity index (χ3v) is 7.36. The number of nitrogens with one attached hydrogen (secondary N) is 2.